The van der Waals surface area contributed by atoms with E-state index in [4.69, 9.17) is 0 Å². The molecule has 0 aliphatic heterocycles. The number of thiazole rings is 1. The number of aromatic nitrogens is 3. The van der Waals surface area contributed by atoms with Crippen molar-refractivity contribution in [3.63, 3.8) is 0 Å². The van der Waals surface area contributed by atoms with Crippen molar-refractivity contribution in [2.45, 2.75) is 33.9 Å². The number of nitrogens with one attached hydrogen (secondary N) is 1. The number of H-pyrrole nitrogens is 1. The highest BCUT2D eigenvalue weighted by molar-refractivity contribution is 7.11. The molecule has 0 fully saturated rings. The number of aryl methyl sites for hydroxylation is 3. The van der Waals surface area contributed by atoms with E-state index in [1.54, 1.807) is 11.3 Å². The molecule has 0 radical (unpaired) electrons. The smallest absolute Gasteiger partial charge is 0.0900 e. The van der Waals surface area contributed by atoms with Gasteiger partial charge in [-0.05, 0) is 27.8 Å². The molecule has 5 heteroatoms. The SMILES string of the molecule is Cc1nc(C)c(CN(C)Cc2cn[nH]c2C)s1. The minimum atomic E-state index is 0.915. The van der Waals surface area contributed by atoms with Crippen molar-refractivity contribution < 1.29 is 0 Å². The first-order valence-electron chi connectivity index (χ1n) is 5.66. The van der Waals surface area contributed by atoms with Gasteiger partial charge >= 0.3 is 0 Å². The van der Waals surface area contributed by atoms with Gasteiger partial charge in [-0.15, -0.1) is 11.3 Å². The number of nitrogens with zero attached hydrogens (tertiary/aromatic N) is 3. The zero-order valence-corrected chi connectivity index (χ0v) is 11.6. The van der Waals surface area contributed by atoms with Gasteiger partial charge in [-0.1, -0.05) is 0 Å². The third-order valence-corrected chi connectivity index (χ3v) is 3.85. The van der Waals surface area contributed by atoms with Crippen LogP contribution in [0.5, 0.6) is 0 Å². The summed E-state index contributed by atoms with van der Waals surface area (Å²) >= 11 is 1.78. The summed E-state index contributed by atoms with van der Waals surface area (Å²) in [5.41, 5.74) is 3.56. The van der Waals surface area contributed by atoms with Crippen LogP contribution < -0.4 is 0 Å². The molecule has 2 aromatic rings. The molecule has 0 aromatic carbocycles. The third-order valence-electron chi connectivity index (χ3n) is 2.79. The highest BCUT2D eigenvalue weighted by Crippen LogP contribution is 2.19. The van der Waals surface area contributed by atoms with Crippen LogP contribution in [0.2, 0.25) is 0 Å². The van der Waals surface area contributed by atoms with Crippen molar-refractivity contribution in [2.24, 2.45) is 0 Å². The van der Waals surface area contributed by atoms with E-state index in [1.807, 2.05) is 6.20 Å². The van der Waals surface area contributed by atoms with Crippen LogP contribution in [-0.2, 0) is 13.1 Å². The quantitative estimate of drug-likeness (QED) is 0.906. The molecule has 1 N–H and O–H groups in total. The molecule has 4 nitrogen and oxygen atoms in total. The molecule has 0 spiro atoms. The van der Waals surface area contributed by atoms with E-state index in [1.165, 1.54) is 10.4 Å². The normalized spacial score (nSPS) is 11.4. The van der Waals surface area contributed by atoms with Gasteiger partial charge in [0.25, 0.3) is 0 Å². The van der Waals surface area contributed by atoms with Crippen LogP contribution in [-0.4, -0.2) is 27.1 Å². The minimum Gasteiger partial charge on any atom is -0.297 e. The molecule has 2 aromatic heterocycles. The van der Waals surface area contributed by atoms with Gasteiger partial charge in [0, 0.05) is 29.2 Å². The van der Waals surface area contributed by atoms with Gasteiger partial charge in [-0.2, -0.15) is 5.10 Å². The van der Waals surface area contributed by atoms with Crippen LogP contribution in [0.3, 0.4) is 0 Å². The summed E-state index contributed by atoms with van der Waals surface area (Å²) in [6, 6.07) is 0. The van der Waals surface area contributed by atoms with Crippen molar-refractivity contribution in [2.75, 3.05) is 7.05 Å². The van der Waals surface area contributed by atoms with Crippen molar-refractivity contribution in [1.82, 2.24) is 20.1 Å². The van der Waals surface area contributed by atoms with Gasteiger partial charge in [-0.3, -0.25) is 10.00 Å². The molecule has 2 rings (SSSR count). The Labute approximate surface area is 106 Å². The number of aromatic amines is 1. The van der Waals surface area contributed by atoms with Crippen molar-refractivity contribution >= 4 is 11.3 Å². The van der Waals surface area contributed by atoms with Crippen molar-refractivity contribution in [3.8, 4) is 0 Å². The monoisotopic (exact) mass is 250 g/mol. The Hall–Kier alpha value is -1.20. The van der Waals surface area contributed by atoms with E-state index in [0.29, 0.717) is 0 Å². The van der Waals surface area contributed by atoms with Gasteiger partial charge in [-0.25, -0.2) is 4.98 Å². The minimum absolute atomic E-state index is 0.915. The van der Waals surface area contributed by atoms with Crippen LogP contribution in [0.25, 0.3) is 0 Å². The largest absolute Gasteiger partial charge is 0.297 e. The molecule has 17 heavy (non-hydrogen) atoms. The summed E-state index contributed by atoms with van der Waals surface area (Å²) in [7, 11) is 2.13. The Morgan fingerprint density at radius 1 is 1.29 bits per heavy atom. The summed E-state index contributed by atoms with van der Waals surface area (Å²) in [6.07, 6.45) is 1.90. The maximum atomic E-state index is 4.45. The average Bonchev–Trinajstić information content (AvgIpc) is 2.75. The fourth-order valence-corrected chi connectivity index (χ4v) is 2.86. The molecule has 2 heterocycles. The molecule has 0 atom stereocenters. The predicted octanol–water partition coefficient (Wildman–Crippen LogP) is 2.42. The topological polar surface area (TPSA) is 44.8 Å². The Morgan fingerprint density at radius 3 is 2.59 bits per heavy atom. The Morgan fingerprint density at radius 2 is 2.06 bits per heavy atom. The summed E-state index contributed by atoms with van der Waals surface area (Å²) < 4.78 is 0. The molecule has 0 saturated carbocycles. The van der Waals surface area contributed by atoms with E-state index in [2.05, 4.69) is 47.9 Å². The lowest BCUT2D eigenvalue weighted by Gasteiger charge is -2.15. The number of hydrogen-bond donors (Lipinski definition) is 1. The summed E-state index contributed by atoms with van der Waals surface area (Å²) in [4.78, 5) is 8.09. The zero-order chi connectivity index (χ0) is 12.4. The highest BCUT2D eigenvalue weighted by Gasteiger charge is 2.09. The average molecular weight is 250 g/mol. The summed E-state index contributed by atoms with van der Waals surface area (Å²) in [5, 5.41) is 8.15. The maximum Gasteiger partial charge on any atom is 0.0900 e. The zero-order valence-electron chi connectivity index (χ0n) is 10.7. The number of rotatable bonds is 4. The van der Waals surface area contributed by atoms with Crippen LogP contribution in [0.15, 0.2) is 6.20 Å². The van der Waals surface area contributed by atoms with E-state index in [-0.39, 0.29) is 0 Å². The van der Waals surface area contributed by atoms with Crippen molar-refractivity contribution in [1.29, 1.82) is 0 Å². The molecule has 92 valence electrons. The van der Waals surface area contributed by atoms with Gasteiger partial charge < -0.3 is 0 Å². The molecular weight excluding hydrogens is 232 g/mol. The molecule has 0 aliphatic carbocycles. The van der Waals surface area contributed by atoms with Gasteiger partial charge in [0.05, 0.1) is 16.9 Å². The molecule has 0 saturated heterocycles. The maximum absolute atomic E-state index is 4.45. The van der Waals surface area contributed by atoms with E-state index in [9.17, 15) is 0 Å². The lowest BCUT2D eigenvalue weighted by atomic mass is 10.2. The second-order valence-electron chi connectivity index (χ2n) is 4.43. The third kappa shape index (κ3) is 2.92. The highest BCUT2D eigenvalue weighted by atomic mass is 32.1. The molecule has 0 amide bonds. The Balaban J connectivity index is 2.00. The van der Waals surface area contributed by atoms with Gasteiger partial charge in [0.15, 0.2) is 0 Å². The second kappa shape index (κ2) is 4.98. The molecule has 0 unspecified atom stereocenters. The lowest BCUT2D eigenvalue weighted by molar-refractivity contribution is 0.320. The summed E-state index contributed by atoms with van der Waals surface area (Å²) in [6.45, 7) is 8.05. The Bertz CT molecular complexity index is 500. The first kappa shape index (κ1) is 12.3. The van der Waals surface area contributed by atoms with E-state index >= 15 is 0 Å². The van der Waals surface area contributed by atoms with Crippen molar-refractivity contribution in [3.05, 3.63) is 33.0 Å². The molecule has 0 aliphatic rings. The van der Waals surface area contributed by atoms with Crippen LogP contribution in [0.4, 0.5) is 0 Å². The fraction of sp³-hybridized carbons (Fsp3) is 0.500. The standard InChI is InChI=1S/C12H18N4S/c1-8-11(5-13-15-8)6-16(4)7-12-9(2)14-10(3)17-12/h5H,6-7H2,1-4H3,(H,13,15). The van der Waals surface area contributed by atoms with Crippen LogP contribution in [0.1, 0.15) is 26.8 Å². The van der Waals surface area contributed by atoms with Crippen LogP contribution >= 0.6 is 11.3 Å². The van der Waals surface area contributed by atoms with Crippen LogP contribution in [0, 0.1) is 20.8 Å². The fourth-order valence-electron chi connectivity index (χ4n) is 1.85. The second-order valence-corrected chi connectivity index (χ2v) is 5.72. The molecule has 0 bridgehead atoms. The lowest BCUT2D eigenvalue weighted by Crippen LogP contribution is -2.17. The van der Waals surface area contributed by atoms with E-state index in [0.717, 1.165) is 29.5 Å². The van der Waals surface area contributed by atoms with E-state index < -0.39 is 0 Å². The predicted molar refractivity (Wildman–Crippen MR) is 70.1 cm³/mol. The molecular formula is C12H18N4S. The summed E-state index contributed by atoms with van der Waals surface area (Å²) in [5.74, 6) is 0. The first-order chi connectivity index (χ1) is 8.06. The Kier molecular flexibility index (Phi) is 3.59. The van der Waals surface area contributed by atoms with Gasteiger partial charge in [0.1, 0.15) is 0 Å². The van der Waals surface area contributed by atoms with Gasteiger partial charge in [0.2, 0.25) is 0 Å². The number of hydrogen-bond acceptors (Lipinski definition) is 4. The first-order valence-corrected chi connectivity index (χ1v) is 6.48.